The highest BCUT2D eigenvalue weighted by molar-refractivity contribution is 7.88. The molecule has 20 heavy (non-hydrogen) atoms. The molecule has 2 aliphatic rings. The molecular weight excluding hydrogens is 306 g/mol. The number of carboxylic acids is 1. The van der Waals surface area contributed by atoms with Crippen molar-refractivity contribution in [2.75, 3.05) is 5.75 Å². The summed E-state index contributed by atoms with van der Waals surface area (Å²) in [6, 6.07) is -1.78. The Morgan fingerprint density at radius 2 is 2.15 bits per heavy atom. The van der Waals surface area contributed by atoms with Gasteiger partial charge >= 0.3 is 5.97 Å². The molecule has 0 radical (unpaired) electrons. The normalized spacial score (nSPS) is 38.4. The van der Waals surface area contributed by atoms with E-state index >= 15 is 0 Å². The summed E-state index contributed by atoms with van der Waals surface area (Å²) < 4.78 is 10.7. The van der Waals surface area contributed by atoms with E-state index in [2.05, 4.69) is 0 Å². The quantitative estimate of drug-likeness (QED) is 0.567. The number of carbonyl (C=O) groups excluding carboxylic acids is 1. The topological polar surface area (TPSA) is 94.9 Å². The van der Waals surface area contributed by atoms with Crippen molar-refractivity contribution in [1.29, 1.82) is 0 Å². The van der Waals surface area contributed by atoms with E-state index < -0.39 is 50.5 Å². The standard InChI is InChI=1S/C12H18ClNO5S/c1-4-20(19)12(13)5-6-7(11(2,3)18)9(15)14(6)8(12)10(16)17/h6-8,18H,4-5H2,1-3H3,(H,16,17)/t6-,7+,8+,12?,20?/m0/s1. The summed E-state index contributed by atoms with van der Waals surface area (Å²) in [4.78, 5) is 24.8. The molecule has 2 saturated heterocycles. The molecule has 0 aromatic rings. The minimum Gasteiger partial charge on any atom is -0.480 e. The number of rotatable bonds is 4. The largest absolute Gasteiger partial charge is 0.480 e. The van der Waals surface area contributed by atoms with Crippen LogP contribution >= 0.6 is 11.6 Å². The van der Waals surface area contributed by atoms with Crippen molar-refractivity contribution in [3.8, 4) is 0 Å². The molecule has 0 aromatic heterocycles. The van der Waals surface area contributed by atoms with E-state index in [1.54, 1.807) is 6.92 Å². The van der Waals surface area contributed by atoms with Crippen LogP contribution in [0.25, 0.3) is 0 Å². The van der Waals surface area contributed by atoms with Crippen LogP contribution in [-0.2, 0) is 20.4 Å². The van der Waals surface area contributed by atoms with Crippen LogP contribution in [0.1, 0.15) is 27.2 Å². The van der Waals surface area contributed by atoms with E-state index in [0.29, 0.717) is 0 Å². The van der Waals surface area contributed by atoms with Crippen LogP contribution in [0.4, 0.5) is 0 Å². The maximum absolute atomic E-state index is 12.1. The molecule has 2 fully saturated rings. The number of halogens is 1. The summed E-state index contributed by atoms with van der Waals surface area (Å²) in [5.41, 5.74) is -1.25. The van der Waals surface area contributed by atoms with E-state index in [1.165, 1.54) is 18.7 Å². The number of β-lactam (4-membered cyclic amide) rings is 1. The van der Waals surface area contributed by atoms with E-state index in [4.69, 9.17) is 11.6 Å². The first-order valence-corrected chi connectivity index (χ1v) is 8.10. The average molecular weight is 324 g/mol. The first-order valence-electron chi connectivity index (χ1n) is 6.40. The fourth-order valence-electron chi connectivity index (χ4n) is 3.24. The third-order valence-corrected chi connectivity index (χ3v) is 6.62. The molecule has 0 spiro atoms. The molecule has 0 saturated carbocycles. The van der Waals surface area contributed by atoms with Crippen LogP contribution < -0.4 is 0 Å². The monoisotopic (exact) mass is 323 g/mol. The third-order valence-electron chi connectivity index (χ3n) is 4.07. The van der Waals surface area contributed by atoms with Crippen molar-refractivity contribution in [2.45, 2.75) is 49.1 Å². The Hall–Kier alpha value is -0.660. The molecule has 1 amide bonds. The molecule has 114 valence electrons. The Bertz CT molecular complexity index is 491. The van der Waals surface area contributed by atoms with Gasteiger partial charge in [-0.1, -0.05) is 6.92 Å². The summed E-state index contributed by atoms with van der Waals surface area (Å²) in [5, 5.41) is 19.4. The molecule has 0 bridgehead atoms. The van der Waals surface area contributed by atoms with Gasteiger partial charge in [0.05, 0.1) is 11.5 Å². The van der Waals surface area contributed by atoms with Crippen LogP contribution in [0.15, 0.2) is 0 Å². The van der Waals surface area contributed by atoms with E-state index in [1.807, 2.05) is 0 Å². The average Bonchev–Trinajstić information content (AvgIpc) is 2.57. The van der Waals surface area contributed by atoms with Crippen LogP contribution in [-0.4, -0.2) is 58.8 Å². The summed E-state index contributed by atoms with van der Waals surface area (Å²) in [6.07, 6.45) is 0.117. The zero-order chi connectivity index (χ0) is 15.5. The summed E-state index contributed by atoms with van der Waals surface area (Å²) in [5.74, 6) is -2.17. The SMILES string of the molecule is CCS(=O)C1(Cl)C[C@H]2[C@@H](C(C)(C)O)C(=O)N2[C@@H]1C(=O)O. The lowest BCUT2D eigenvalue weighted by atomic mass is 9.76. The zero-order valence-corrected chi connectivity index (χ0v) is 13.1. The minimum absolute atomic E-state index is 0.117. The number of aliphatic carboxylic acids is 1. The van der Waals surface area contributed by atoms with Crippen LogP contribution in [0.3, 0.4) is 0 Å². The molecule has 2 N–H and O–H groups in total. The number of hydrogen-bond donors (Lipinski definition) is 2. The van der Waals surface area contributed by atoms with Crippen molar-refractivity contribution in [3.63, 3.8) is 0 Å². The first-order chi connectivity index (χ1) is 9.05. The Morgan fingerprint density at radius 3 is 2.55 bits per heavy atom. The van der Waals surface area contributed by atoms with Gasteiger partial charge in [0.2, 0.25) is 5.91 Å². The lowest BCUT2D eigenvalue weighted by Gasteiger charge is -2.49. The lowest BCUT2D eigenvalue weighted by molar-refractivity contribution is -0.177. The van der Waals surface area contributed by atoms with E-state index in [0.717, 1.165) is 0 Å². The van der Waals surface area contributed by atoms with Gasteiger partial charge in [0.1, 0.15) is 0 Å². The number of carbonyl (C=O) groups is 2. The van der Waals surface area contributed by atoms with Crippen molar-refractivity contribution >= 4 is 34.3 Å². The molecule has 2 aliphatic heterocycles. The number of carboxylic acid groups (broad SMARTS) is 1. The van der Waals surface area contributed by atoms with E-state index in [-0.39, 0.29) is 12.2 Å². The highest BCUT2D eigenvalue weighted by Crippen LogP contribution is 2.52. The van der Waals surface area contributed by atoms with Gasteiger partial charge in [0.15, 0.2) is 10.2 Å². The molecule has 2 heterocycles. The highest BCUT2D eigenvalue weighted by Gasteiger charge is 2.69. The predicted octanol–water partition coefficient (Wildman–Crippen LogP) is 0.145. The van der Waals surface area contributed by atoms with Crippen LogP contribution in [0.5, 0.6) is 0 Å². The molecule has 8 heteroatoms. The fraction of sp³-hybridized carbons (Fsp3) is 0.833. The Labute approximate surface area is 124 Å². The van der Waals surface area contributed by atoms with Gasteiger partial charge in [-0.15, -0.1) is 11.6 Å². The Kier molecular flexibility index (Phi) is 3.68. The van der Waals surface area contributed by atoms with Gasteiger partial charge in [-0.25, -0.2) is 4.79 Å². The van der Waals surface area contributed by atoms with Crippen molar-refractivity contribution < 1.29 is 24.0 Å². The predicted molar refractivity (Wildman–Crippen MR) is 73.7 cm³/mol. The van der Waals surface area contributed by atoms with Gasteiger partial charge in [-0.3, -0.25) is 9.00 Å². The van der Waals surface area contributed by atoms with E-state index in [9.17, 15) is 24.0 Å². The molecule has 6 nitrogen and oxygen atoms in total. The lowest BCUT2D eigenvalue weighted by Crippen LogP contribution is -2.68. The summed E-state index contributed by atoms with van der Waals surface area (Å²) in [7, 11) is -1.57. The molecule has 0 aromatic carbocycles. The summed E-state index contributed by atoms with van der Waals surface area (Å²) in [6.45, 7) is 4.67. The molecule has 5 atom stereocenters. The Morgan fingerprint density at radius 1 is 1.60 bits per heavy atom. The number of alkyl halides is 1. The number of nitrogens with zero attached hydrogens (tertiary/aromatic N) is 1. The van der Waals surface area contributed by atoms with Gasteiger partial charge in [0, 0.05) is 29.0 Å². The van der Waals surface area contributed by atoms with Crippen molar-refractivity contribution in [1.82, 2.24) is 4.90 Å². The number of hydrogen-bond acceptors (Lipinski definition) is 4. The second-order valence-electron chi connectivity index (χ2n) is 5.81. The number of aliphatic hydroxyl groups is 1. The Balaban J connectivity index is 2.40. The summed E-state index contributed by atoms with van der Waals surface area (Å²) >= 11 is 6.34. The second-order valence-corrected chi connectivity index (χ2v) is 8.70. The number of fused-ring (bicyclic) bond motifs is 1. The first kappa shape index (κ1) is 15.7. The van der Waals surface area contributed by atoms with Gasteiger partial charge in [0.25, 0.3) is 0 Å². The third kappa shape index (κ3) is 1.98. The molecule has 2 unspecified atom stereocenters. The fourth-order valence-corrected chi connectivity index (χ4v) is 5.22. The highest BCUT2D eigenvalue weighted by atomic mass is 35.5. The number of amides is 1. The smallest absolute Gasteiger partial charge is 0.329 e. The van der Waals surface area contributed by atoms with Gasteiger partial charge in [-0.2, -0.15) is 0 Å². The molecule has 0 aliphatic carbocycles. The zero-order valence-electron chi connectivity index (χ0n) is 11.5. The minimum atomic E-state index is -1.57. The van der Waals surface area contributed by atoms with Crippen molar-refractivity contribution in [2.24, 2.45) is 5.92 Å². The van der Waals surface area contributed by atoms with Crippen LogP contribution in [0, 0.1) is 5.92 Å². The van der Waals surface area contributed by atoms with Crippen molar-refractivity contribution in [3.05, 3.63) is 0 Å². The second kappa shape index (κ2) is 4.68. The molecular formula is C12H18ClNO5S. The van der Waals surface area contributed by atoms with Crippen LogP contribution in [0.2, 0.25) is 0 Å². The maximum Gasteiger partial charge on any atom is 0.329 e. The van der Waals surface area contributed by atoms with Gasteiger partial charge < -0.3 is 15.1 Å². The molecule has 2 rings (SSSR count). The maximum atomic E-state index is 12.1. The van der Waals surface area contributed by atoms with Gasteiger partial charge in [-0.05, 0) is 13.8 Å².